The van der Waals surface area contributed by atoms with Gasteiger partial charge in [-0.15, -0.1) is 0 Å². The van der Waals surface area contributed by atoms with Crippen LogP contribution >= 0.6 is 0 Å². The number of furan rings is 5. The molecule has 0 unspecified atom stereocenters. The lowest BCUT2D eigenvalue weighted by atomic mass is 9.96. The molecule has 15 nitrogen and oxygen atoms in total. The van der Waals surface area contributed by atoms with Crippen LogP contribution in [0.4, 0.5) is 17.1 Å². The van der Waals surface area contributed by atoms with E-state index in [9.17, 15) is 10.5 Å². The minimum absolute atomic E-state index is 0.542. The Bertz CT molecular complexity index is 9800. The number of aromatic nitrogens is 5. The molecule has 0 atom stereocenters. The van der Waals surface area contributed by atoms with Gasteiger partial charge in [-0.05, 0) is 238 Å². The highest BCUT2D eigenvalue weighted by Gasteiger charge is 2.31. The maximum absolute atomic E-state index is 9.92. The maximum Gasteiger partial charge on any atom is 0.237 e. The molecule has 15 aromatic carbocycles. The summed E-state index contributed by atoms with van der Waals surface area (Å²) in [5.41, 5.74) is 43.5. The Kier molecular flexibility index (Phi) is 25.9. The van der Waals surface area contributed by atoms with Gasteiger partial charge in [0.15, 0.2) is 42.3 Å². The lowest BCUT2D eigenvalue weighted by Crippen LogP contribution is -2.30. The molecule has 0 radical (unpaired) electrons. The second kappa shape index (κ2) is 40.2. The maximum atomic E-state index is 9.92. The zero-order valence-electron chi connectivity index (χ0n) is 86.2. The number of fused-ring (bicyclic) bond motifs is 15. The zero-order valence-corrected chi connectivity index (χ0v) is 86.2. The summed E-state index contributed by atoms with van der Waals surface area (Å²) in [7, 11) is 10.2. The molecule has 0 saturated heterocycles. The topological polar surface area (TPSA) is 146 Å². The van der Waals surface area contributed by atoms with E-state index < -0.39 is 0 Å². The minimum Gasteiger partial charge on any atom is -0.466 e. The van der Waals surface area contributed by atoms with Gasteiger partial charge in [0.25, 0.3) is 0 Å². The summed E-state index contributed by atoms with van der Waals surface area (Å²) in [6.07, 6.45) is 10.2. The fourth-order valence-corrected chi connectivity index (χ4v) is 20.8. The van der Waals surface area contributed by atoms with E-state index in [1.807, 2.05) is 176 Å². The summed E-state index contributed by atoms with van der Waals surface area (Å²) in [6, 6.07) is 119. The van der Waals surface area contributed by atoms with E-state index in [2.05, 4.69) is 342 Å². The smallest absolute Gasteiger partial charge is 0.237 e. The highest BCUT2D eigenvalue weighted by Crippen LogP contribution is 2.50. The SMILES string of the molecule is Cc1ccc(-c2cc(C#N)c3c(c2)oc2c(-c4cccc[n+]4C)c(C)ccc23)cc1.Cc1ccc(-c2ccc3c(c2)oc2c(-c4cccc[n+]4C)c(C)cc(C#N)c23)cc1.[C-]#[N+]c1c(-c2ccc(C)cc2)ccc2c1oc1c(-c3cccc[n+]3C)c(C)ccc12.[C-]#[N+]c1cc(-c2ccc(C)cc2)cc2c1oc1c(-c3cccc[n+]3C)c(C)ccc12.[C-]#[N+]c1cc2c(cc1-c1ccc(C)cc1)oc1c(-c3cccc[n+]3C)c(C)ccc12. The monoisotopic (exact) mass is 1950 g/mol. The first-order valence-corrected chi connectivity index (χ1v) is 49.9. The van der Waals surface area contributed by atoms with E-state index in [4.69, 9.17) is 41.8 Å². The van der Waals surface area contributed by atoms with Crippen molar-refractivity contribution in [2.75, 3.05) is 0 Å². The van der Waals surface area contributed by atoms with Crippen LogP contribution in [0.1, 0.15) is 66.8 Å². The molecule has 0 bridgehead atoms. The second-order valence-electron chi connectivity index (χ2n) is 38.9. The minimum atomic E-state index is 0.542. The van der Waals surface area contributed by atoms with E-state index in [-0.39, 0.29) is 0 Å². The summed E-state index contributed by atoms with van der Waals surface area (Å²) < 4.78 is 42.6. The van der Waals surface area contributed by atoms with Crippen LogP contribution in [0.15, 0.2) is 387 Å². The van der Waals surface area contributed by atoms with Gasteiger partial charge in [-0.1, -0.05) is 216 Å². The molecule has 720 valence electrons. The number of hydrogen-bond donors (Lipinski definition) is 0. The van der Waals surface area contributed by atoms with Crippen LogP contribution in [0, 0.1) is 112 Å². The number of nitrogens with zero attached hydrogens (tertiary/aromatic N) is 10. The standard InChI is InChI=1S/5C27H21N2O/c1-17-8-11-19(12-9-17)20-14-15-22-21-13-10-18(2)24(23-7-5-6-16-29(23)4)26(21)30-27(22)25(20)28-3;1-17-8-11-19(12-9-17)20-15-22-21-13-10-18(2)25(24-7-5-6-14-29(24)4)27(21)30-26(22)23(16-20)28-3;1-17-8-11-19(12-9-17)21-16-25-22(15-23(21)28-3)20-13-10-18(2)26(27(20)30-25)24-7-5-6-14-29(24)4;1-17-7-10-19(11-8-17)20-14-21(16-28)26-22-12-9-18(2)25(27(22)30-24(26)15-20)23-6-4-5-13-29(23)3;1-17-7-9-19(10-8-17)20-11-12-22-24(15-20)30-27-25(23-6-4-5-13-29(23)3)18(2)14-21(16-28)26(22)27/h3*5-16H,1-2,4H3;2*4-15H,1-3H3/q5*+1. The molecule has 0 aliphatic rings. The first kappa shape index (κ1) is 96.6. The Hall–Kier alpha value is -19.5. The molecule has 150 heavy (non-hydrogen) atoms. The molecule has 0 N–H and O–H groups in total. The normalized spacial score (nSPS) is 11.1. The average molecular weight is 1950 g/mol. The van der Waals surface area contributed by atoms with Gasteiger partial charge in [-0.2, -0.15) is 10.5 Å². The summed E-state index contributed by atoms with van der Waals surface area (Å²) in [5, 5.41) is 29.5. The Morgan fingerprint density at radius 3 is 1.00 bits per heavy atom. The first-order valence-electron chi connectivity index (χ1n) is 49.9. The molecule has 0 aliphatic heterocycles. The predicted molar refractivity (Wildman–Crippen MR) is 604 cm³/mol. The second-order valence-corrected chi connectivity index (χ2v) is 38.9. The quantitative estimate of drug-likeness (QED) is 0.0979. The number of nitriles is 2. The van der Waals surface area contributed by atoms with Crippen LogP contribution in [0.3, 0.4) is 0 Å². The highest BCUT2D eigenvalue weighted by molar-refractivity contribution is 6.19. The summed E-state index contributed by atoms with van der Waals surface area (Å²) in [4.78, 5) is 11.5. The molecule has 25 rings (SSSR count). The van der Waals surface area contributed by atoms with Crippen LogP contribution in [-0.4, -0.2) is 0 Å². The van der Waals surface area contributed by atoms with Crippen molar-refractivity contribution in [3.05, 3.63) is 466 Å². The Morgan fingerprint density at radius 1 is 0.227 bits per heavy atom. The molecule has 0 fully saturated rings. The van der Waals surface area contributed by atoms with Crippen molar-refractivity contribution in [1.82, 2.24) is 0 Å². The van der Waals surface area contributed by atoms with Crippen LogP contribution < -0.4 is 22.8 Å². The number of pyridine rings is 5. The van der Waals surface area contributed by atoms with Gasteiger partial charge in [0.1, 0.15) is 85.5 Å². The van der Waals surface area contributed by atoms with Crippen molar-refractivity contribution < 1.29 is 44.9 Å². The Labute approximate surface area is 870 Å². The van der Waals surface area contributed by atoms with E-state index >= 15 is 0 Å². The molecule has 0 saturated carbocycles. The summed E-state index contributed by atoms with van der Waals surface area (Å²) in [5.74, 6) is 0. The first-order chi connectivity index (χ1) is 72.8. The average Bonchev–Trinajstić information content (AvgIpc) is 1.60. The Morgan fingerprint density at radius 2 is 0.560 bits per heavy atom. The number of hydrogen-bond acceptors (Lipinski definition) is 7. The lowest BCUT2D eigenvalue weighted by Gasteiger charge is -2.06. The molecular weight excluding hydrogens is 1840 g/mol. The van der Waals surface area contributed by atoms with Gasteiger partial charge >= 0.3 is 0 Å². The molecule has 0 spiro atoms. The summed E-state index contributed by atoms with van der Waals surface area (Å²) in [6.45, 7) is 44.2. The van der Waals surface area contributed by atoms with Gasteiger partial charge in [-0.25, -0.2) is 37.4 Å². The third-order valence-electron chi connectivity index (χ3n) is 28.8. The molecule has 15 heteroatoms. The van der Waals surface area contributed by atoms with Crippen molar-refractivity contribution in [3.63, 3.8) is 0 Å². The molecule has 10 aromatic heterocycles. The van der Waals surface area contributed by atoms with Crippen molar-refractivity contribution in [2.45, 2.75) is 69.2 Å². The van der Waals surface area contributed by atoms with E-state index in [1.165, 1.54) is 27.8 Å². The Balaban J connectivity index is 0.000000109. The van der Waals surface area contributed by atoms with E-state index in [0.29, 0.717) is 39.4 Å². The van der Waals surface area contributed by atoms with Crippen LogP contribution in [-0.2, 0) is 35.2 Å². The number of rotatable bonds is 10. The van der Waals surface area contributed by atoms with Gasteiger partial charge in [0.05, 0.1) is 70.8 Å². The lowest BCUT2D eigenvalue weighted by molar-refractivity contribution is -0.660. The fraction of sp³-hybridized carbons (Fsp3) is 0.111. The van der Waals surface area contributed by atoms with Crippen molar-refractivity contribution in [1.29, 1.82) is 10.5 Å². The molecule has 10 heterocycles. The number of benzene rings is 15. The van der Waals surface area contributed by atoms with E-state index in [1.54, 1.807) is 0 Å². The largest absolute Gasteiger partial charge is 0.466 e. The fourth-order valence-electron chi connectivity index (χ4n) is 20.8. The predicted octanol–water partition coefficient (Wildman–Crippen LogP) is 33.2. The van der Waals surface area contributed by atoms with Gasteiger partial charge < -0.3 is 22.1 Å². The summed E-state index contributed by atoms with van der Waals surface area (Å²) >= 11 is 0. The third-order valence-corrected chi connectivity index (χ3v) is 28.8. The van der Waals surface area contributed by atoms with Crippen LogP contribution in [0.5, 0.6) is 0 Å². The van der Waals surface area contributed by atoms with Gasteiger partial charge in [0, 0.05) is 115 Å². The zero-order chi connectivity index (χ0) is 104. The molecule has 0 aliphatic carbocycles. The molecular formula is C135H105N10O5+5. The van der Waals surface area contributed by atoms with Crippen molar-refractivity contribution in [2.24, 2.45) is 35.2 Å². The molecule has 0 amide bonds. The van der Waals surface area contributed by atoms with Crippen LogP contribution in [0.2, 0.25) is 0 Å². The third kappa shape index (κ3) is 17.9. The van der Waals surface area contributed by atoms with E-state index in [0.717, 1.165) is 238 Å². The van der Waals surface area contributed by atoms with Gasteiger partial charge in [-0.3, -0.25) is 0 Å². The van der Waals surface area contributed by atoms with Crippen LogP contribution in [0.25, 0.3) is 236 Å². The van der Waals surface area contributed by atoms with Crippen molar-refractivity contribution >= 4 is 127 Å². The molecule has 25 aromatic rings. The van der Waals surface area contributed by atoms with Crippen molar-refractivity contribution in [3.8, 4) is 124 Å². The van der Waals surface area contributed by atoms with Gasteiger partial charge in [0.2, 0.25) is 39.8 Å². The number of aryl methyl sites for hydroxylation is 15. The highest BCUT2D eigenvalue weighted by atomic mass is 16.3.